The number of hydrogen-bond donors (Lipinski definition) is 1. The predicted octanol–water partition coefficient (Wildman–Crippen LogP) is 2.46. The molecule has 4 nitrogen and oxygen atoms in total. The van der Waals surface area contributed by atoms with Crippen molar-refractivity contribution in [3.63, 3.8) is 0 Å². The second-order valence-corrected chi connectivity index (χ2v) is 3.46. The SMILES string of the molecule is COc1cncc(-c2ccccc2C(=O)O)c1. The third kappa shape index (κ3) is 2.25. The van der Waals surface area contributed by atoms with Gasteiger partial charge in [-0.2, -0.15) is 0 Å². The van der Waals surface area contributed by atoms with Crippen molar-refractivity contribution >= 4 is 5.97 Å². The standard InChI is InChI=1S/C13H11NO3/c1-17-10-6-9(7-14-8-10)11-4-2-3-5-12(11)13(15)16/h2-8H,1H3,(H,15,16). The second-order valence-electron chi connectivity index (χ2n) is 3.46. The quantitative estimate of drug-likeness (QED) is 0.878. The highest BCUT2D eigenvalue weighted by Gasteiger charge is 2.11. The van der Waals surface area contributed by atoms with Crippen LogP contribution in [0.1, 0.15) is 10.4 Å². The predicted molar refractivity (Wildman–Crippen MR) is 63.2 cm³/mol. The first-order chi connectivity index (χ1) is 8.22. The Morgan fingerprint density at radius 3 is 2.76 bits per heavy atom. The third-order valence-electron chi connectivity index (χ3n) is 2.42. The van der Waals surface area contributed by atoms with E-state index in [0.717, 1.165) is 5.56 Å². The summed E-state index contributed by atoms with van der Waals surface area (Å²) in [4.78, 5) is 15.1. The molecule has 0 aliphatic rings. The molecule has 17 heavy (non-hydrogen) atoms. The molecule has 0 aliphatic heterocycles. The Morgan fingerprint density at radius 2 is 2.06 bits per heavy atom. The molecular formula is C13H11NO3. The minimum atomic E-state index is -0.955. The molecule has 0 fully saturated rings. The maximum absolute atomic E-state index is 11.1. The average molecular weight is 229 g/mol. The van der Waals surface area contributed by atoms with E-state index in [9.17, 15) is 4.79 Å². The average Bonchev–Trinajstić information content (AvgIpc) is 2.39. The maximum atomic E-state index is 11.1. The van der Waals surface area contributed by atoms with Crippen LogP contribution >= 0.6 is 0 Å². The van der Waals surface area contributed by atoms with E-state index in [1.165, 1.54) is 0 Å². The number of pyridine rings is 1. The number of carboxylic acid groups (broad SMARTS) is 1. The Kier molecular flexibility index (Phi) is 3.05. The van der Waals surface area contributed by atoms with Gasteiger partial charge in [-0.15, -0.1) is 0 Å². The van der Waals surface area contributed by atoms with Gasteiger partial charge in [0.05, 0.1) is 18.9 Å². The lowest BCUT2D eigenvalue weighted by Gasteiger charge is -2.07. The van der Waals surface area contributed by atoms with Crippen molar-refractivity contribution < 1.29 is 14.6 Å². The van der Waals surface area contributed by atoms with Crippen LogP contribution in [0.4, 0.5) is 0 Å². The van der Waals surface area contributed by atoms with Gasteiger partial charge < -0.3 is 9.84 Å². The van der Waals surface area contributed by atoms with Crippen molar-refractivity contribution in [1.29, 1.82) is 0 Å². The van der Waals surface area contributed by atoms with E-state index < -0.39 is 5.97 Å². The monoisotopic (exact) mass is 229 g/mol. The Balaban J connectivity index is 2.56. The van der Waals surface area contributed by atoms with Gasteiger partial charge in [0.1, 0.15) is 5.75 Å². The van der Waals surface area contributed by atoms with Crippen LogP contribution < -0.4 is 4.74 Å². The molecule has 0 saturated heterocycles. The van der Waals surface area contributed by atoms with Crippen molar-refractivity contribution in [2.24, 2.45) is 0 Å². The van der Waals surface area contributed by atoms with E-state index in [1.807, 2.05) is 0 Å². The molecule has 0 unspecified atom stereocenters. The third-order valence-corrected chi connectivity index (χ3v) is 2.42. The fraction of sp³-hybridized carbons (Fsp3) is 0.0769. The summed E-state index contributed by atoms with van der Waals surface area (Å²) in [5.41, 5.74) is 1.61. The molecule has 1 aromatic heterocycles. The lowest BCUT2D eigenvalue weighted by atomic mass is 10.0. The lowest BCUT2D eigenvalue weighted by molar-refractivity contribution is 0.0697. The second kappa shape index (κ2) is 4.65. The fourth-order valence-electron chi connectivity index (χ4n) is 1.60. The van der Waals surface area contributed by atoms with Crippen LogP contribution in [0.5, 0.6) is 5.75 Å². The number of methoxy groups -OCH3 is 1. The van der Waals surface area contributed by atoms with Crippen LogP contribution in [-0.2, 0) is 0 Å². The Labute approximate surface area is 98.5 Å². The summed E-state index contributed by atoms with van der Waals surface area (Å²) in [5, 5.41) is 9.10. The topological polar surface area (TPSA) is 59.4 Å². The number of nitrogens with zero attached hydrogens (tertiary/aromatic N) is 1. The number of aromatic carboxylic acids is 1. The number of rotatable bonds is 3. The summed E-state index contributed by atoms with van der Waals surface area (Å²) < 4.78 is 5.07. The number of hydrogen-bond acceptors (Lipinski definition) is 3. The van der Waals surface area contributed by atoms with E-state index in [2.05, 4.69) is 4.98 Å². The van der Waals surface area contributed by atoms with Gasteiger partial charge in [0, 0.05) is 11.8 Å². The number of carbonyl (C=O) groups is 1. The molecule has 0 bridgehead atoms. The first-order valence-electron chi connectivity index (χ1n) is 5.04. The molecule has 4 heteroatoms. The number of benzene rings is 1. The molecule has 0 saturated carbocycles. The molecule has 0 atom stereocenters. The van der Waals surface area contributed by atoms with Gasteiger partial charge in [0.2, 0.25) is 0 Å². The summed E-state index contributed by atoms with van der Waals surface area (Å²) in [6.07, 6.45) is 3.19. The van der Waals surface area contributed by atoms with Gasteiger partial charge in [0.15, 0.2) is 0 Å². The highest BCUT2D eigenvalue weighted by atomic mass is 16.5. The molecule has 2 aromatic rings. The minimum absolute atomic E-state index is 0.252. The Bertz CT molecular complexity index is 552. The zero-order chi connectivity index (χ0) is 12.3. The van der Waals surface area contributed by atoms with Crippen LogP contribution in [0.2, 0.25) is 0 Å². The first-order valence-corrected chi connectivity index (χ1v) is 5.04. The van der Waals surface area contributed by atoms with Crippen LogP contribution in [0.25, 0.3) is 11.1 Å². The molecule has 0 spiro atoms. The number of aromatic nitrogens is 1. The van der Waals surface area contributed by atoms with Crippen LogP contribution in [0, 0.1) is 0 Å². The summed E-state index contributed by atoms with van der Waals surface area (Å²) in [5.74, 6) is -0.355. The van der Waals surface area contributed by atoms with Crippen molar-refractivity contribution in [2.75, 3.05) is 7.11 Å². The summed E-state index contributed by atoms with van der Waals surface area (Å²) in [6.45, 7) is 0. The van der Waals surface area contributed by atoms with Gasteiger partial charge in [-0.1, -0.05) is 18.2 Å². The Hall–Kier alpha value is -2.36. The maximum Gasteiger partial charge on any atom is 0.336 e. The Morgan fingerprint density at radius 1 is 1.29 bits per heavy atom. The molecule has 0 aliphatic carbocycles. The van der Waals surface area contributed by atoms with Crippen molar-refractivity contribution in [2.45, 2.75) is 0 Å². The van der Waals surface area contributed by atoms with Crippen molar-refractivity contribution in [3.05, 3.63) is 48.3 Å². The summed E-state index contributed by atoms with van der Waals surface area (Å²) in [7, 11) is 1.55. The van der Waals surface area contributed by atoms with Gasteiger partial charge in [-0.3, -0.25) is 4.98 Å². The summed E-state index contributed by atoms with van der Waals surface area (Å²) >= 11 is 0. The van der Waals surface area contributed by atoms with E-state index in [1.54, 1.807) is 49.8 Å². The molecule has 2 rings (SSSR count). The van der Waals surface area contributed by atoms with E-state index in [-0.39, 0.29) is 5.56 Å². The number of ether oxygens (including phenoxy) is 1. The highest BCUT2D eigenvalue weighted by molar-refractivity contribution is 5.95. The van der Waals surface area contributed by atoms with E-state index in [0.29, 0.717) is 11.3 Å². The molecule has 1 N–H and O–H groups in total. The van der Waals surface area contributed by atoms with Gasteiger partial charge in [0.25, 0.3) is 0 Å². The molecule has 0 radical (unpaired) electrons. The van der Waals surface area contributed by atoms with E-state index >= 15 is 0 Å². The van der Waals surface area contributed by atoms with Crippen LogP contribution in [0.3, 0.4) is 0 Å². The molecule has 0 amide bonds. The van der Waals surface area contributed by atoms with Crippen LogP contribution in [-0.4, -0.2) is 23.2 Å². The lowest BCUT2D eigenvalue weighted by Crippen LogP contribution is -1.99. The largest absolute Gasteiger partial charge is 0.495 e. The number of carboxylic acids is 1. The normalized spacial score (nSPS) is 9.94. The van der Waals surface area contributed by atoms with Crippen LogP contribution in [0.15, 0.2) is 42.7 Å². The summed E-state index contributed by atoms with van der Waals surface area (Å²) in [6, 6.07) is 8.56. The zero-order valence-corrected chi connectivity index (χ0v) is 9.25. The molecule has 1 aromatic carbocycles. The van der Waals surface area contributed by atoms with E-state index in [4.69, 9.17) is 9.84 Å². The van der Waals surface area contributed by atoms with Gasteiger partial charge >= 0.3 is 5.97 Å². The first kappa shape index (κ1) is 11.1. The van der Waals surface area contributed by atoms with Gasteiger partial charge in [-0.25, -0.2) is 4.79 Å². The minimum Gasteiger partial charge on any atom is -0.495 e. The van der Waals surface area contributed by atoms with Crippen molar-refractivity contribution in [3.8, 4) is 16.9 Å². The highest BCUT2D eigenvalue weighted by Crippen LogP contribution is 2.25. The molecule has 1 heterocycles. The molecular weight excluding hydrogens is 218 g/mol. The zero-order valence-electron chi connectivity index (χ0n) is 9.25. The fourth-order valence-corrected chi connectivity index (χ4v) is 1.60. The van der Waals surface area contributed by atoms with Crippen molar-refractivity contribution in [1.82, 2.24) is 4.98 Å². The smallest absolute Gasteiger partial charge is 0.336 e. The van der Waals surface area contributed by atoms with Gasteiger partial charge in [-0.05, 0) is 17.7 Å². The molecule has 86 valence electrons.